The number of fused-ring (bicyclic) bond motifs is 1. The first-order valence-electron chi connectivity index (χ1n) is 19.9. The van der Waals surface area contributed by atoms with Gasteiger partial charge in [0.1, 0.15) is 11.8 Å². The van der Waals surface area contributed by atoms with Gasteiger partial charge in [0.2, 0.25) is 11.8 Å². The molecule has 4 aromatic rings. The van der Waals surface area contributed by atoms with E-state index in [0.29, 0.717) is 18.5 Å². The molecule has 3 fully saturated rings. The van der Waals surface area contributed by atoms with Crippen LogP contribution in [0, 0.1) is 5.41 Å². The van der Waals surface area contributed by atoms with Crippen molar-refractivity contribution >= 4 is 40.2 Å². The van der Waals surface area contributed by atoms with Crippen LogP contribution >= 0.6 is 0 Å². The Morgan fingerprint density at radius 2 is 1.40 bits per heavy atom. The Kier molecular flexibility index (Phi) is 10.2. The molecule has 4 aliphatic heterocycles. The van der Waals surface area contributed by atoms with E-state index in [9.17, 15) is 19.5 Å². The standard InChI is InChI=1S/C46H51N5O4/c1-3-39(32-7-5-4-6-8-32)43(34-11-16-38(52)17-12-34)33-9-13-36(14-10-33)49-23-21-46(2,22-24-49)31-48-25-27-50(28-26-48)37-15-18-40-35(29-37)30-51(45(40)55)41-19-20-42(53)47-44(41)54/h4-18,29,41,52H,3,19-28,30-31H2,1-2H3,(H,47,53,54). The molecule has 0 aliphatic carbocycles. The van der Waals surface area contributed by atoms with Crippen molar-refractivity contribution < 1.29 is 19.5 Å². The van der Waals surface area contributed by atoms with E-state index < -0.39 is 6.04 Å². The number of piperazine rings is 1. The number of hydrogen-bond donors (Lipinski definition) is 2. The number of piperidine rings is 2. The smallest absolute Gasteiger partial charge is 0.255 e. The second-order valence-corrected chi connectivity index (χ2v) is 16.0. The van der Waals surface area contributed by atoms with Crippen LogP contribution in [0.4, 0.5) is 11.4 Å². The van der Waals surface area contributed by atoms with Crippen molar-refractivity contribution in [2.24, 2.45) is 5.41 Å². The van der Waals surface area contributed by atoms with E-state index in [1.165, 1.54) is 28.0 Å². The first-order valence-corrected chi connectivity index (χ1v) is 19.9. The molecule has 1 unspecified atom stereocenters. The van der Waals surface area contributed by atoms with Crippen LogP contribution in [-0.4, -0.2) is 84.5 Å². The van der Waals surface area contributed by atoms with Crippen molar-refractivity contribution in [2.45, 2.75) is 58.5 Å². The summed E-state index contributed by atoms with van der Waals surface area (Å²) in [6, 6.07) is 32.7. The zero-order chi connectivity index (χ0) is 38.1. The number of phenols is 1. The number of carbonyl (C=O) groups is 3. The van der Waals surface area contributed by atoms with E-state index >= 15 is 0 Å². The van der Waals surface area contributed by atoms with Crippen LogP contribution in [0.1, 0.15) is 78.6 Å². The number of benzene rings is 4. The fraction of sp³-hybridized carbons (Fsp3) is 0.370. The first-order chi connectivity index (χ1) is 26.7. The highest BCUT2D eigenvalue weighted by molar-refractivity contribution is 6.05. The van der Waals surface area contributed by atoms with Crippen LogP contribution < -0.4 is 15.1 Å². The van der Waals surface area contributed by atoms with Crippen molar-refractivity contribution in [1.82, 2.24) is 15.1 Å². The lowest BCUT2D eigenvalue weighted by Crippen LogP contribution is -2.52. The molecule has 4 aliphatic rings. The van der Waals surface area contributed by atoms with Gasteiger partial charge in [-0.15, -0.1) is 0 Å². The molecule has 8 rings (SSSR count). The maximum Gasteiger partial charge on any atom is 0.255 e. The number of imide groups is 1. The molecule has 0 bridgehead atoms. The maximum atomic E-state index is 13.2. The van der Waals surface area contributed by atoms with Crippen molar-refractivity contribution in [3.05, 3.63) is 125 Å². The third kappa shape index (κ3) is 7.63. The Hall–Kier alpha value is -5.41. The highest BCUT2D eigenvalue weighted by Crippen LogP contribution is 2.38. The van der Waals surface area contributed by atoms with E-state index in [1.807, 2.05) is 24.3 Å². The van der Waals surface area contributed by atoms with Crippen LogP contribution in [0.5, 0.6) is 5.75 Å². The minimum Gasteiger partial charge on any atom is -0.508 e. The molecule has 4 heterocycles. The second kappa shape index (κ2) is 15.4. The normalized spacial score (nSPS) is 20.7. The summed E-state index contributed by atoms with van der Waals surface area (Å²) in [4.78, 5) is 46.5. The Balaban J connectivity index is 0.868. The number of phenolic OH excluding ortho intramolecular Hbond substituents is 1. The molecule has 3 saturated heterocycles. The van der Waals surface area contributed by atoms with E-state index in [0.717, 1.165) is 81.9 Å². The maximum absolute atomic E-state index is 13.2. The molecular weight excluding hydrogens is 687 g/mol. The quantitative estimate of drug-likeness (QED) is 0.142. The molecule has 9 heteroatoms. The van der Waals surface area contributed by atoms with Crippen LogP contribution in [0.15, 0.2) is 97.1 Å². The number of allylic oxidation sites excluding steroid dienone is 1. The number of aromatic hydroxyl groups is 1. The summed E-state index contributed by atoms with van der Waals surface area (Å²) in [7, 11) is 0. The average Bonchev–Trinajstić information content (AvgIpc) is 3.53. The van der Waals surface area contributed by atoms with Gasteiger partial charge in [-0.1, -0.05) is 68.4 Å². The van der Waals surface area contributed by atoms with Gasteiger partial charge in [0.15, 0.2) is 0 Å². The molecule has 4 aromatic carbocycles. The molecule has 9 nitrogen and oxygen atoms in total. The van der Waals surface area contributed by atoms with Gasteiger partial charge in [0.25, 0.3) is 5.91 Å². The lowest BCUT2D eigenvalue weighted by atomic mass is 9.79. The Morgan fingerprint density at radius 3 is 2.05 bits per heavy atom. The first kappa shape index (κ1) is 36.6. The van der Waals surface area contributed by atoms with Gasteiger partial charge < -0.3 is 19.8 Å². The molecule has 1 atom stereocenters. The number of rotatable bonds is 9. The predicted molar refractivity (Wildman–Crippen MR) is 218 cm³/mol. The summed E-state index contributed by atoms with van der Waals surface area (Å²) >= 11 is 0. The summed E-state index contributed by atoms with van der Waals surface area (Å²) < 4.78 is 0. The third-order valence-electron chi connectivity index (χ3n) is 12.3. The van der Waals surface area contributed by atoms with Crippen molar-refractivity contribution in [1.29, 1.82) is 0 Å². The lowest BCUT2D eigenvalue weighted by molar-refractivity contribution is -0.136. The van der Waals surface area contributed by atoms with E-state index in [4.69, 9.17) is 0 Å². The highest BCUT2D eigenvalue weighted by Gasteiger charge is 2.39. The Morgan fingerprint density at radius 1 is 0.764 bits per heavy atom. The predicted octanol–water partition coefficient (Wildman–Crippen LogP) is 6.95. The Bertz CT molecular complexity index is 2080. The minimum atomic E-state index is -0.592. The van der Waals surface area contributed by atoms with Gasteiger partial charge in [-0.05, 0) is 107 Å². The zero-order valence-electron chi connectivity index (χ0n) is 32.0. The lowest BCUT2D eigenvalue weighted by Gasteiger charge is -2.45. The van der Waals surface area contributed by atoms with Crippen molar-refractivity contribution in [3.8, 4) is 5.75 Å². The minimum absolute atomic E-state index is 0.126. The summed E-state index contributed by atoms with van der Waals surface area (Å²) in [5.74, 6) is -0.499. The second-order valence-electron chi connectivity index (χ2n) is 16.0. The topological polar surface area (TPSA) is 96.4 Å². The average molecular weight is 738 g/mol. The van der Waals surface area contributed by atoms with E-state index in [-0.39, 0.29) is 35.3 Å². The number of nitrogens with zero attached hydrogens (tertiary/aromatic N) is 4. The highest BCUT2D eigenvalue weighted by atomic mass is 16.3. The molecule has 0 saturated carbocycles. The van der Waals surface area contributed by atoms with E-state index in [1.54, 1.807) is 17.0 Å². The molecule has 3 amide bonds. The summed E-state index contributed by atoms with van der Waals surface area (Å²) in [6.45, 7) is 12.1. The van der Waals surface area contributed by atoms with E-state index in [2.05, 4.69) is 94.5 Å². The Labute approximate surface area is 324 Å². The van der Waals surface area contributed by atoms with Gasteiger partial charge in [-0.25, -0.2) is 0 Å². The number of hydrogen-bond acceptors (Lipinski definition) is 7. The van der Waals surface area contributed by atoms with Crippen LogP contribution in [0.25, 0.3) is 11.1 Å². The molecule has 0 radical (unpaired) electrons. The number of carbonyl (C=O) groups excluding carboxylic acids is 3. The summed E-state index contributed by atoms with van der Waals surface area (Å²) in [5, 5.41) is 12.4. The third-order valence-corrected chi connectivity index (χ3v) is 12.3. The van der Waals surface area contributed by atoms with Gasteiger partial charge in [-0.2, -0.15) is 0 Å². The molecule has 2 N–H and O–H groups in total. The number of anilines is 2. The van der Waals surface area contributed by atoms with Crippen LogP contribution in [0.3, 0.4) is 0 Å². The molecule has 55 heavy (non-hydrogen) atoms. The monoisotopic (exact) mass is 737 g/mol. The molecule has 0 aromatic heterocycles. The fourth-order valence-electron chi connectivity index (χ4n) is 9.07. The van der Waals surface area contributed by atoms with Gasteiger partial charge in [0.05, 0.1) is 0 Å². The molecular formula is C46H51N5O4. The summed E-state index contributed by atoms with van der Waals surface area (Å²) in [5.41, 5.74) is 10.2. The van der Waals surface area contributed by atoms with Crippen LogP contribution in [0.2, 0.25) is 0 Å². The summed E-state index contributed by atoms with van der Waals surface area (Å²) in [6.07, 6.45) is 3.81. The van der Waals surface area contributed by atoms with Crippen molar-refractivity contribution in [2.75, 3.05) is 55.6 Å². The van der Waals surface area contributed by atoms with Crippen LogP contribution in [-0.2, 0) is 16.1 Å². The SMILES string of the molecule is CCC(=C(c1ccc(O)cc1)c1ccc(N2CCC(C)(CN3CCN(c4ccc5c(c4)CN(C4CCC(=O)NC4=O)C5=O)CC3)CC2)cc1)c1ccccc1. The zero-order valence-corrected chi connectivity index (χ0v) is 32.0. The fourth-order valence-corrected chi connectivity index (χ4v) is 9.07. The largest absolute Gasteiger partial charge is 0.508 e. The van der Waals surface area contributed by atoms with Gasteiger partial charge in [0, 0.05) is 75.7 Å². The number of amides is 3. The number of nitrogens with one attached hydrogen (secondary N) is 1. The van der Waals surface area contributed by atoms with Crippen molar-refractivity contribution in [3.63, 3.8) is 0 Å². The molecule has 0 spiro atoms. The molecule has 284 valence electrons. The van der Waals surface area contributed by atoms with Gasteiger partial charge in [-0.3, -0.25) is 24.6 Å². The van der Waals surface area contributed by atoms with Gasteiger partial charge >= 0.3 is 0 Å².